The summed E-state index contributed by atoms with van der Waals surface area (Å²) in [5, 5.41) is 6.01. The fourth-order valence-electron chi connectivity index (χ4n) is 3.41. The van der Waals surface area contributed by atoms with Gasteiger partial charge in [-0.15, -0.1) is 0 Å². The van der Waals surface area contributed by atoms with Crippen LogP contribution in [0.1, 0.15) is 49.4 Å². The number of benzene rings is 1. The molecule has 2 aliphatic carbocycles. The van der Waals surface area contributed by atoms with Crippen molar-refractivity contribution in [2.45, 2.75) is 44.6 Å². The van der Waals surface area contributed by atoms with Gasteiger partial charge in [0.15, 0.2) is 0 Å². The maximum atomic E-state index is 12.5. The van der Waals surface area contributed by atoms with E-state index in [4.69, 9.17) is 5.73 Å². The topological polar surface area (TPSA) is 84.2 Å². The Morgan fingerprint density at radius 2 is 2.00 bits per heavy atom. The van der Waals surface area contributed by atoms with E-state index >= 15 is 0 Å². The van der Waals surface area contributed by atoms with Crippen LogP contribution in [-0.2, 0) is 4.79 Å². The number of hydrogen-bond donors (Lipinski definition) is 3. The van der Waals surface area contributed by atoms with Crippen molar-refractivity contribution in [1.82, 2.24) is 5.32 Å². The Hall–Kier alpha value is -1.88. The summed E-state index contributed by atoms with van der Waals surface area (Å²) < 4.78 is 0. The average molecular weight is 315 g/mol. The highest BCUT2D eigenvalue weighted by Crippen LogP contribution is 2.38. The van der Waals surface area contributed by atoms with Crippen LogP contribution < -0.4 is 16.4 Å². The molecule has 1 aromatic rings. The number of anilines is 1. The van der Waals surface area contributed by atoms with Crippen LogP contribution in [0.2, 0.25) is 0 Å². The predicted octanol–water partition coefficient (Wildman–Crippen LogP) is 2.28. The van der Waals surface area contributed by atoms with Crippen LogP contribution in [0.4, 0.5) is 5.69 Å². The molecule has 0 radical (unpaired) electrons. The Labute approximate surface area is 137 Å². The Bertz CT molecular complexity index is 608. The highest BCUT2D eigenvalue weighted by molar-refractivity contribution is 5.98. The van der Waals surface area contributed by atoms with Gasteiger partial charge in [0.25, 0.3) is 5.91 Å². The van der Waals surface area contributed by atoms with E-state index in [2.05, 4.69) is 17.6 Å². The van der Waals surface area contributed by atoms with Gasteiger partial charge in [0.1, 0.15) is 0 Å². The van der Waals surface area contributed by atoms with Crippen LogP contribution >= 0.6 is 0 Å². The molecule has 4 N–H and O–H groups in total. The average Bonchev–Trinajstić information content (AvgIpc) is 3.10. The van der Waals surface area contributed by atoms with Crippen molar-refractivity contribution in [1.29, 1.82) is 0 Å². The van der Waals surface area contributed by atoms with Crippen LogP contribution in [-0.4, -0.2) is 23.9 Å². The third-order valence-electron chi connectivity index (χ3n) is 5.17. The van der Waals surface area contributed by atoms with Gasteiger partial charge in [0.05, 0.1) is 5.54 Å². The lowest BCUT2D eigenvalue weighted by Crippen LogP contribution is -2.51. The molecular formula is C18H25N3O2. The van der Waals surface area contributed by atoms with Crippen molar-refractivity contribution in [2.75, 3.05) is 11.9 Å². The largest absolute Gasteiger partial charge is 0.345 e. The van der Waals surface area contributed by atoms with E-state index in [1.54, 1.807) is 18.2 Å². The standard InChI is InChI=1S/C18H25N3O2/c1-12-9-15(12)17(23)20-14-6-4-5-13(10-14)16(22)21-18(11-19)7-2-3-8-18/h4-6,10,12,15H,2-3,7-9,11,19H2,1H3,(H,20,23)(H,21,22). The van der Waals surface area contributed by atoms with E-state index < -0.39 is 0 Å². The SMILES string of the molecule is CC1CC1C(=O)Nc1cccc(C(=O)NC2(CN)CCCC2)c1. The van der Waals surface area contributed by atoms with Gasteiger partial charge < -0.3 is 16.4 Å². The van der Waals surface area contributed by atoms with Gasteiger partial charge in [-0.2, -0.15) is 0 Å². The lowest BCUT2D eigenvalue weighted by Gasteiger charge is -2.28. The van der Waals surface area contributed by atoms with Gasteiger partial charge in [-0.3, -0.25) is 9.59 Å². The summed E-state index contributed by atoms with van der Waals surface area (Å²) in [6, 6.07) is 7.12. The molecule has 2 amide bonds. The molecule has 2 saturated carbocycles. The third-order valence-corrected chi connectivity index (χ3v) is 5.17. The second-order valence-electron chi connectivity index (χ2n) is 7.04. The minimum Gasteiger partial charge on any atom is -0.345 e. The highest BCUT2D eigenvalue weighted by atomic mass is 16.2. The van der Waals surface area contributed by atoms with E-state index in [0.29, 0.717) is 23.7 Å². The molecular weight excluding hydrogens is 290 g/mol. The molecule has 0 spiro atoms. The molecule has 2 fully saturated rings. The lowest BCUT2D eigenvalue weighted by molar-refractivity contribution is -0.117. The second-order valence-corrected chi connectivity index (χ2v) is 7.04. The van der Waals surface area contributed by atoms with Crippen LogP contribution in [0.3, 0.4) is 0 Å². The Morgan fingerprint density at radius 3 is 2.61 bits per heavy atom. The van der Waals surface area contributed by atoms with Crippen LogP contribution in [0.25, 0.3) is 0 Å². The van der Waals surface area contributed by atoms with Gasteiger partial charge in [0.2, 0.25) is 5.91 Å². The molecule has 0 heterocycles. The molecule has 0 aromatic heterocycles. The zero-order chi connectivity index (χ0) is 16.4. The number of rotatable bonds is 5. The van der Waals surface area contributed by atoms with E-state index in [9.17, 15) is 9.59 Å². The Kier molecular flexibility index (Phi) is 4.39. The quantitative estimate of drug-likeness (QED) is 0.779. The fraction of sp³-hybridized carbons (Fsp3) is 0.556. The van der Waals surface area contributed by atoms with Crippen molar-refractivity contribution in [2.24, 2.45) is 17.6 Å². The van der Waals surface area contributed by atoms with Crippen molar-refractivity contribution >= 4 is 17.5 Å². The molecule has 2 unspecified atom stereocenters. The van der Waals surface area contributed by atoms with Crippen molar-refractivity contribution < 1.29 is 9.59 Å². The molecule has 5 heteroatoms. The van der Waals surface area contributed by atoms with E-state index in [1.165, 1.54) is 0 Å². The number of nitrogens with two attached hydrogens (primary N) is 1. The van der Waals surface area contributed by atoms with Crippen LogP contribution in [0.15, 0.2) is 24.3 Å². The van der Waals surface area contributed by atoms with Gasteiger partial charge in [-0.1, -0.05) is 25.8 Å². The van der Waals surface area contributed by atoms with Crippen molar-refractivity contribution in [3.8, 4) is 0 Å². The van der Waals surface area contributed by atoms with Gasteiger partial charge in [-0.05, 0) is 43.4 Å². The minimum atomic E-state index is -0.264. The zero-order valence-corrected chi connectivity index (χ0v) is 13.6. The summed E-state index contributed by atoms with van der Waals surface area (Å²) >= 11 is 0. The van der Waals surface area contributed by atoms with Crippen molar-refractivity contribution in [3.63, 3.8) is 0 Å². The molecule has 0 aliphatic heterocycles. The number of nitrogens with one attached hydrogen (secondary N) is 2. The summed E-state index contributed by atoms with van der Waals surface area (Å²) in [5.74, 6) is 0.511. The smallest absolute Gasteiger partial charge is 0.251 e. The summed E-state index contributed by atoms with van der Waals surface area (Å²) in [6.07, 6.45) is 5.03. The van der Waals surface area contributed by atoms with E-state index in [-0.39, 0.29) is 23.3 Å². The number of amides is 2. The maximum Gasteiger partial charge on any atom is 0.251 e. The first-order chi connectivity index (χ1) is 11.0. The first-order valence-electron chi connectivity index (χ1n) is 8.46. The molecule has 0 bridgehead atoms. The minimum absolute atomic E-state index is 0.0456. The Balaban J connectivity index is 1.66. The van der Waals surface area contributed by atoms with Crippen LogP contribution in [0.5, 0.6) is 0 Å². The molecule has 5 nitrogen and oxygen atoms in total. The van der Waals surface area contributed by atoms with Gasteiger partial charge in [0, 0.05) is 23.7 Å². The van der Waals surface area contributed by atoms with E-state index in [0.717, 1.165) is 32.1 Å². The molecule has 1 aromatic carbocycles. The fourth-order valence-corrected chi connectivity index (χ4v) is 3.41. The van der Waals surface area contributed by atoms with Gasteiger partial charge >= 0.3 is 0 Å². The second kappa shape index (κ2) is 6.32. The number of carbonyl (C=O) groups excluding carboxylic acids is 2. The number of hydrogen-bond acceptors (Lipinski definition) is 3. The summed E-state index contributed by atoms with van der Waals surface area (Å²) in [7, 11) is 0. The van der Waals surface area contributed by atoms with Crippen molar-refractivity contribution in [3.05, 3.63) is 29.8 Å². The summed E-state index contributed by atoms with van der Waals surface area (Å²) in [6.45, 7) is 2.54. The first kappa shape index (κ1) is 16.0. The van der Waals surface area contributed by atoms with Crippen LogP contribution in [0, 0.1) is 11.8 Å². The molecule has 0 saturated heterocycles. The Morgan fingerprint density at radius 1 is 1.30 bits per heavy atom. The maximum absolute atomic E-state index is 12.5. The highest BCUT2D eigenvalue weighted by Gasteiger charge is 2.39. The summed E-state index contributed by atoms with van der Waals surface area (Å²) in [5.41, 5.74) is 6.85. The molecule has 124 valence electrons. The molecule has 2 atom stereocenters. The monoisotopic (exact) mass is 315 g/mol. The normalized spacial score (nSPS) is 25.0. The first-order valence-corrected chi connectivity index (χ1v) is 8.46. The van der Waals surface area contributed by atoms with Gasteiger partial charge in [-0.25, -0.2) is 0 Å². The predicted molar refractivity (Wildman–Crippen MR) is 90.1 cm³/mol. The molecule has 2 aliphatic rings. The zero-order valence-electron chi connectivity index (χ0n) is 13.6. The molecule has 3 rings (SSSR count). The molecule has 23 heavy (non-hydrogen) atoms. The lowest BCUT2D eigenvalue weighted by atomic mass is 9.97. The van der Waals surface area contributed by atoms with E-state index in [1.807, 2.05) is 6.07 Å². The number of carbonyl (C=O) groups is 2. The summed E-state index contributed by atoms with van der Waals surface area (Å²) in [4.78, 5) is 24.5. The third kappa shape index (κ3) is 3.55.